The average molecular weight is 262 g/mol. The summed E-state index contributed by atoms with van der Waals surface area (Å²) in [6.45, 7) is 1.41. The molecule has 2 atom stereocenters. The molecule has 2 N–H and O–H groups in total. The first kappa shape index (κ1) is 13.5. The highest BCUT2D eigenvalue weighted by Crippen LogP contribution is 2.32. The number of alkyl halides is 3. The molecule has 0 bridgehead atoms. The van der Waals surface area contributed by atoms with Gasteiger partial charge in [-0.15, -0.1) is 0 Å². The van der Waals surface area contributed by atoms with E-state index in [9.17, 15) is 17.4 Å². The molecule has 0 saturated carbocycles. The van der Waals surface area contributed by atoms with Gasteiger partial charge in [0.05, 0.1) is 27.3 Å². The first-order valence-electron chi connectivity index (χ1n) is 4.54. The van der Waals surface area contributed by atoms with Gasteiger partial charge < -0.3 is 5.73 Å². The third-order valence-electron chi connectivity index (χ3n) is 2.06. The Bertz CT molecular complexity index is 493. The summed E-state index contributed by atoms with van der Waals surface area (Å²) >= 11 is 0. The highest BCUT2D eigenvalue weighted by atomic mass is 32.2. The van der Waals surface area contributed by atoms with Gasteiger partial charge in [-0.25, -0.2) is 0 Å². The normalized spacial score (nSPS) is 15.0. The van der Waals surface area contributed by atoms with Gasteiger partial charge in [-0.1, -0.05) is 0 Å². The van der Waals surface area contributed by atoms with E-state index >= 15 is 0 Å². The van der Waals surface area contributed by atoms with E-state index in [1.165, 1.54) is 6.92 Å². The van der Waals surface area contributed by atoms with E-state index < -0.39 is 27.8 Å². The summed E-state index contributed by atoms with van der Waals surface area (Å²) in [5.41, 5.74) is 4.28. The first-order valence-corrected chi connectivity index (χ1v) is 5.75. The Balaban J connectivity index is 3.16. The van der Waals surface area contributed by atoms with Crippen molar-refractivity contribution in [3.63, 3.8) is 0 Å². The molecule has 1 aromatic carbocycles. The van der Waals surface area contributed by atoms with Crippen LogP contribution in [0.3, 0.4) is 0 Å². The van der Waals surface area contributed by atoms with E-state index in [2.05, 4.69) is 0 Å². The lowest BCUT2D eigenvalue weighted by molar-refractivity contribution is -0.137. The van der Waals surface area contributed by atoms with Crippen LogP contribution in [0.25, 0.3) is 0 Å². The Hall–Kier alpha value is -1.55. The van der Waals surface area contributed by atoms with Crippen molar-refractivity contribution in [3.8, 4) is 6.07 Å². The maximum atomic E-state index is 12.3. The number of hydrogen-bond acceptors (Lipinski definition) is 3. The molecular formula is C10H9F3N2OS. The Morgan fingerprint density at radius 2 is 2.06 bits per heavy atom. The zero-order valence-corrected chi connectivity index (χ0v) is 9.60. The van der Waals surface area contributed by atoms with Crippen molar-refractivity contribution in [2.24, 2.45) is 0 Å². The van der Waals surface area contributed by atoms with Crippen LogP contribution in [0.1, 0.15) is 12.5 Å². The molecule has 0 aliphatic carbocycles. The van der Waals surface area contributed by atoms with Crippen molar-refractivity contribution in [1.82, 2.24) is 0 Å². The van der Waals surface area contributed by atoms with E-state index in [-0.39, 0.29) is 10.6 Å². The zero-order valence-electron chi connectivity index (χ0n) is 8.78. The van der Waals surface area contributed by atoms with Gasteiger partial charge in [-0.3, -0.25) is 4.21 Å². The van der Waals surface area contributed by atoms with E-state index in [4.69, 9.17) is 11.0 Å². The number of benzene rings is 1. The lowest BCUT2D eigenvalue weighted by Gasteiger charge is -2.11. The van der Waals surface area contributed by atoms with Crippen LogP contribution < -0.4 is 5.73 Å². The van der Waals surface area contributed by atoms with Crippen molar-refractivity contribution in [2.45, 2.75) is 23.2 Å². The maximum absolute atomic E-state index is 12.3. The Labute approximate surface area is 98.5 Å². The monoisotopic (exact) mass is 262 g/mol. The summed E-state index contributed by atoms with van der Waals surface area (Å²) in [6, 6.07) is 4.32. The molecule has 92 valence electrons. The Kier molecular flexibility index (Phi) is 3.78. The molecule has 0 aliphatic heterocycles. The Morgan fingerprint density at radius 3 is 2.47 bits per heavy atom. The first-order chi connectivity index (χ1) is 7.77. The van der Waals surface area contributed by atoms with Crippen LogP contribution in [-0.2, 0) is 17.0 Å². The summed E-state index contributed by atoms with van der Waals surface area (Å²) < 4.78 is 48.7. The molecule has 0 saturated heterocycles. The molecular weight excluding hydrogens is 253 g/mol. The molecule has 0 aromatic heterocycles. The number of nitriles is 1. The molecule has 1 aromatic rings. The number of halogens is 3. The van der Waals surface area contributed by atoms with Crippen LogP contribution in [0.15, 0.2) is 23.1 Å². The highest BCUT2D eigenvalue weighted by molar-refractivity contribution is 7.86. The molecule has 1 rings (SSSR count). The van der Waals surface area contributed by atoms with Gasteiger partial charge in [-0.05, 0) is 25.1 Å². The molecule has 3 nitrogen and oxygen atoms in total. The molecule has 0 aliphatic rings. The average Bonchev–Trinajstić information content (AvgIpc) is 2.25. The number of nitrogen functional groups attached to an aromatic ring is 1. The standard InChI is InChI=1S/C10H9F3N2OS/c1-6(5-14)17(16)9-3-2-7(4-8(9)15)10(11,12)13/h2-4,6H,15H2,1H3. The van der Waals surface area contributed by atoms with Gasteiger partial charge in [-0.2, -0.15) is 18.4 Å². The van der Waals surface area contributed by atoms with Crippen LogP contribution in [0.2, 0.25) is 0 Å². The maximum Gasteiger partial charge on any atom is 0.416 e. The largest absolute Gasteiger partial charge is 0.416 e. The van der Waals surface area contributed by atoms with Crippen LogP contribution >= 0.6 is 0 Å². The molecule has 0 heterocycles. The van der Waals surface area contributed by atoms with Gasteiger partial charge in [0.15, 0.2) is 0 Å². The smallest absolute Gasteiger partial charge is 0.398 e. The minimum atomic E-state index is -4.49. The summed E-state index contributed by atoms with van der Waals surface area (Å²) in [4.78, 5) is 0.0482. The van der Waals surface area contributed by atoms with Crippen molar-refractivity contribution >= 4 is 16.5 Å². The Morgan fingerprint density at radius 1 is 1.47 bits per heavy atom. The fraction of sp³-hybridized carbons (Fsp3) is 0.300. The number of nitrogens with two attached hydrogens (primary N) is 1. The minimum Gasteiger partial charge on any atom is -0.398 e. The predicted molar refractivity (Wildman–Crippen MR) is 57.3 cm³/mol. The lowest BCUT2D eigenvalue weighted by atomic mass is 10.2. The summed E-state index contributed by atoms with van der Waals surface area (Å²) in [5, 5.41) is 7.75. The zero-order chi connectivity index (χ0) is 13.2. The summed E-state index contributed by atoms with van der Waals surface area (Å²) in [7, 11) is -1.73. The SMILES string of the molecule is CC(C#N)S(=O)c1ccc(C(F)(F)F)cc1N. The number of rotatable bonds is 2. The third-order valence-corrected chi connectivity index (χ3v) is 3.61. The van der Waals surface area contributed by atoms with Crippen LogP contribution in [0, 0.1) is 11.3 Å². The minimum absolute atomic E-state index is 0.0482. The van der Waals surface area contributed by atoms with Crippen LogP contribution in [0.4, 0.5) is 18.9 Å². The molecule has 0 spiro atoms. The second kappa shape index (κ2) is 4.75. The van der Waals surface area contributed by atoms with Crippen molar-refractivity contribution < 1.29 is 17.4 Å². The summed E-state index contributed by atoms with van der Waals surface area (Å²) in [6.07, 6.45) is -4.49. The van der Waals surface area contributed by atoms with Crippen molar-refractivity contribution in [1.29, 1.82) is 5.26 Å². The van der Waals surface area contributed by atoms with Crippen LogP contribution in [-0.4, -0.2) is 9.46 Å². The highest BCUT2D eigenvalue weighted by Gasteiger charge is 2.31. The summed E-state index contributed by atoms with van der Waals surface area (Å²) in [5.74, 6) is 0. The number of hydrogen-bond donors (Lipinski definition) is 1. The number of nitrogens with zero attached hydrogens (tertiary/aromatic N) is 1. The molecule has 17 heavy (non-hydrogen) atoms. The molecule has 0 fully saturated rings. The van der Waals surface area contributed by atoms with E-state index in [0.717, 1.165) is 18.2 Å². The molecule has 2 unspecified atom stereocenters. The molecule has 0 radical (unpaired) electrons. The van der Waals surface area contributed by atoms with E-state index in [1.54, 1.807) is 6.07 Å². The van der Waals surface area contributed by atoms with Crippen molar-refractivity contribution in [3.05, 3.63) is 23.8 Å². The quantitative estimate of drug-likeness (QED) is 0.831. The molecule has 7 heteroatoms. The topological polar surface area (TPSA) is 66.9 Å². The fourth-order valence-corrected chi connectivity index (χ4v) is 2.12. The van der Waals surface area contributed by atoms with E-state index in [1.807, 2.05) is 0 Å². The fourth-order valence-electron chi connectivity index (χ4n) is 1.15. The van der Waals surface area contributed by atoms with E-state index in [0.29, 0.717) is 0 Å². The van der Waals surface area contributed by atoms with Crippen molar-refractivity contribution in [2.75, 3.05) is 5.73 Å². The molecule has 0 amide bonds. The predicted octanol–water partition coefficient (Wildman–Crippen LogP) is 2.31. The van der Waals surface area contributed by atoms with Gasteiger partial charge >= 0.3 is 6.18 Å². The second-order valence-electron chi connectivity index (χ2n) is 3.32. The van der Waals surface area contributed by atoms with Gasteiger partial charge in [0, 0.05) is 5.69 Å². The second-order valence-corrected chi connectivity index (χ2v) is 5.06. The van der Waals surface area contributed by atoms with Gasteiger partial charge in [0.25, 0.3) is 0 Å². The van der Waals surface area contributed by atoms with Crippen LogP contribution in [0.5, 0.6) is 0 Å². The van der Waals surface area contributed by atoms with Gasteiger partial charge in [0.2, 0.25) is 0 Å². The third kappa shape index (κ3) is 2.97. The number of anilines is 1. The van der Waals surface area contributed by atoms with Gasteiger partial charge in [0.1, 0.15) is 5.25 Å². The lowest BCUT2D eigenvalue weighted by Crippen LogP contribution is -2.12.